The number of carbonyl (C=O) groups excluding carboxylic acids is 1. The smallest absolute Gasteiger partial charge is 0.202 e. The molecule has 3 heteroatoms. The summed E-state index contributed by atoms with van der Waals surface area (Å²) in [6.07, 6.45) is 0.295. The van der Waals surface area contributed by atoms with Gasteiger partial charge in [-0.25, -0.2) is 0 Å². The lowest BCUT2D eigenvalue weighted by Gasteiger charge is -2.00. The molecule has 3 nitrogen and oxygen atoms in total. The quantitative estimate of drug-likeness (QED) is 0.579. The average Bonchev–Trinajstić information content (AvgIpc) is 2.81. The van der Waals surface area contributed by atoms with E-state index < -0.39 is 0 Å². The van der Waals surface area contributed by atoms with E-state index >= 15 is 0 Å². The zero-order valence-corrected chi connectivity index (χ0v) is 11.2. The second kappa shape index (κ2) is 4.85. The van der Waals surface area contributed by atoms with Crippen molar-refractivity contribution in [3.05, 3.63) is 65.4 Å². The average molecular weight is 265 g/mol. The third-order valence-electron chi connectivity index (χ3n) is 3.26. The number of carbonyl (C=O) groups is 1. The number of rotatable bonds is 3. The molecule has 0 fully saturated rings. The summed E-state index contributed by atoms with van der Waals surface area (Å²) in [5, 5.41) is 0.959. The molecule has 0 amide bonds. The molecule has 0 bridgehead atoms. The first kappa shape index (κ1) is 12.5. The summed E-state index contributed by atoms with van der Waals surface area (Å²) < 4.78 is 5.61. The summed E-state index contributed by atoms with van der Waals surface area (Å²) in [5.74, 6) is 0.359. The van der Waals surface area contributed by atoms with Gasteiger partial charge in [-0.3, -0.25) is 4.79 Å². The number of benzene rings is 2. The predicted molar refractivity (Wildman–Crippen MR) is 79.8 cm³/mol. The zero-order chi connectivity index (χ0) is 14.1. The number of hydrogen-bond donors (Lipinski definition) is 1. The molecular weight excluding hydrogens is 250 g/mol. The molecule has 0 unspecified atom stereocenters. The molecule has 3 aromatic rings. The Morgan fingerprint density at radius 2 is 2.00 bits per heavy atom. The fraction of sp³-hybridized carbons (Fsp3) is 0.118. The largest absolute Gasteiger partial charge is 0.453 e. The van der Waals surface area contributed by atoms with Gasteiger partial charge in [-0.2, -0.15) is 0 Å². The lowest BCUT2D eigenvalue weighted by atomic mass is 10.1. The van der Waals surface area contributed by atoms with Crippen LogP contribution in [-0.4, -0.2) is 5.78 Å². The van der Waals surface area contributed by atoms with Crippen molar-refractivity contribution in [3.63, 3.8) is 0 Å². The van der Waals surface area contributed by atoms with Crippen molar-refractivity contribution in [2.24, 2.45) is 0 Å². The summed E-state index contributed by atoms with van der Waals surface area (Å²) in [7, 11) is 0. The van der Waals surface area contributed by atoms with Crippen molar-refractivity contribution >= 4 is 22.4 Å². The highest BCUT2D eigenvalue weighted by Gasteiger charge is 2.13. The van der Waals surface area contributed by atoms with Gasteiger partial charge in [-0.15, -0.1) is 0 Å². The lowest BCUT2D eigenvalue weighted by molar-refractivity contribution is 0.0968. The second-order valence-corrected chi connectivity index (χ2v) is 5.00. The van der Waals surface area contributed by atoms with Crippen molar-refractivity contribution in [1.82, 2.24) is 0 Å². The van der Waals surface area contributed by atoms with Crippen molar-refractivity contribution in [3.8, 4) is 0 Å². The van der Waals surface area contributed by atoms with Crippen LogP contribution in [0.5, 0.6) is 0 Å². The molecule has 0 aliphatic heterocycles. The molecule has 0 aliphatic rings. The van der Waals surface area contributed by atoms with E-state index in [1.807, 2.05) is 43.3 Å². The number of fused-ring (bicyclic) bond motifs is 1. The summed E-state index contributed by atoms with van der Waals surface area (Å²) in [6.45, 7) is 2.01. The molecular formula is C17H15NO2. The van der Waals surface area contributed by atoms with Gasteiger partial charge < -0.3 is 10.2 Å². The Bertz CT molecular complexity index is 787. The number of anilines is 1. The second-order valence-electron chi connectivity index (χ2n) is 5.00. The Morgan fingerprint density at radius 3 is 2.80 bits per heavy atom. The summed E-state index contributed by atoms with van der Waals surface area (Å²) in [4.78, 5) is 12.2. The standard InChI is InChI=1S/C17H15NO2/c1-11-5-6-16-13(7-11)10-17(20-16)15(19)9-12-3-2-4-14(18)8-12/h2-8,10H,9,18H2,1H3. The van der Waals surface area contributed by atoms with Crippen LogP contribution in [0.4, 0.5) is 5.69 Å². The van der Waals surface area contributed by atoms with Gasteiger partial charge in [0.05, 0.1) is 0 Å². The van der Waals surface area contributed by atoms with Gasteiger partial charge in [0, 0.05) is 17.5 Å². The minimum Gasteiger partial charge on any atom is -0.453 e. The van der Waals surface area contributed by atoms with Gasteiger partial charge in [0.15, 0.2) is 5.76 Å². The number of ketones is 1. The third kappa shape index (κ3) is 2.43. The maximum absolute atomic E-state index is 12.2. The first-order chi connectivity index (χ1) is 9.61. The van der Waals surface area contributed by atoms with Gasteiger partial charge in [0.2, 0.25) is 5.78 Å². The highest BCUT2D eigenvalue weighted by molar-refractivity contribution is 5.98. The van der Waals surface area contributed by atoms with Crippen LogP contribution in [0, 0.1) is 6.92 Å². The van der Waals surface area contributed by atoms with E-state index in [0.29, 0.717) is 17.9 Å². The zero-order valence-electron chi connectivity index (χ0n) is 11.2. The number of furan rings is 1. The van der Waals surface area contributed by atoms with Crippen LogP contribution < -0.4 is 5.73 Å². The summed E-state index contributed by atoms with van der Waals surface area (Å²) in [5.41, 5.74) is 9.16. The molecule has 2 aromatic carbocycles. The van der Waals surface area contributed by atoms with E-state index in [4.69, 9.17) is 10.2 Å². The van der Waals surface area contributed by atoms with Crippen LogP contribution in [0.1, 0.15) is 21.7 Å². The van der Waals surface area contributed by atoms with Gasteiger partial charge in [0.25, 0.3) is 0 Å². The molecule has 0 aliphatic carbocycles. The normalized spacial score (nSPS) is 10.8. The molecule has 2 N–H and O–H groups in total. The van der Waals surface area contributed by atoms with Gasteiger partial charge in [-0.05, 0) is 42.8 Å². The molecule has 0 spiro atoms. The Kier molecular flexibility index (Phi) is 3.03. The molecule has 20 heavy (non-hydrogen) atoms. The van der Waals surface area contributed by atoms with E-state index in [9.17, 15) is 4.79 Å². The van der Waals surface area contributed by atoms with Gasteiger partial charge in [-0.1, -0.05) is 23.8 Å². The van der Waals surface area contributed by atoms with Crippen molar-refractivity contribution in [1.29, 1.82) is 0 Å². The molecule has 3 rings (SSSR count). The van der Waals surface area contributed by atoms with E-state index in [-0.39, 0.29) is 5.78 Å². The first-order valence-electron chi connectivity index (χ1n) is 6.49. The van der Waals surface area contributed by atoms with Crippen molar-refractivity contribution < 1.29 is 9.21 Å². The van der Waals surface area contributed by atoms with Crippen LogP contribution in [-0.2, 0) is 6.42 Å². The van der Waals surface area contributed by atoms with Gasteiger partial charge >= 0.3 is 0 Å². The SMILES string of the molecule is Cc1ccc2oc(C(=O)Cc3cccc(N)c3)cc2c1. The third-order valence-corrected chi connectivity index (χ3v) is 3.26. The topological polar surface area (TPSA) is 56.2 Å². The van der Waals surface area contributed by atoms with Crippen molar-refractivity contribution in [2.45, 2.75) is 13.3 Å². The van der Waals surface area contributed by atoms with Crippen LogP contribution in [0.25, 0.3) is 11.0 Å². The van der Waals surface area contributed by atoms with Crippen LogP contribution in [0.2, 0.25) is 0 Å². The maximum atomic E-state index is 12.2. The minimum atomic E-state index is -0.0375. The minimum absolute atomic E-state index is 0.0375. The summed E-state index contributed by atoms with van der Waals surface area (Å²) in [6, 6.07) is 15.0. The predicted octanol–water partition coefficient (Wildman–Crippen LogP) is 3.75. The van der Waals surface area contributed by atoms with E-state index in [1.165, 1.54) is 0 Å². The molecule has 1 aromatic heterocycles. The maximum Gasteiger partial charge on any atom is 0.202 e. The number of hydrogen-bond acceptors (Lipinski definition) is 3. The Labute approximate surface area is 117 Å². The number of nitrogens with two attached hydrogens (primary N) is 1. The lowest BCUT2D eigenvalue weighted by Crippen LogP contribution is -2.02. The number of Topliss-reactive ketones (excluding diaryl/α,β-unsaturated/α-hetero) is 1. The van der Waals surface area contributed by atoms with Crippen molar-refractivity contribution in [2.75, 3.05) is 5.73 Å². The fourth-order valence-corrected chi connectivity index (χ4v) is 2.28. The summed E-state index contributed by atoms with van der Waals surface area (Å²) >= 11 is 0. The highest BCUT2D eigenvalue weighted by Crippen LogP contribution is 2.22. The van der Waals surface area contributed by atoms with Crippen LogP contribution in [0.3, 0.4) is 0 Å². The van der Waals surface area contributed by atoms with Crippen LogP contribution >= 0.6 is 0 Å². The molecule has 0 saturated carbocycles. The van der Waals surface area contributed by atoms with Gasteiger partial charge in [0.1, 0.15) is 5.58 Å². The molecule has 0 atom stereocenters. The van der Waals surface area contributed by atoms with E-state index in [2.05, 4.69) is 0 Å². The Balaban J connectivity index is 1.88. The first-order valence-corrected chi connectivity index (χ1v) is 6.49. The van der Waals surface area contributed by atoms with E-state index in [1.54, 1.807) is 12.1 Å². The number of nitrogen functional groups attached to an aromatic ring is 1. The molecule has 0 saturated heterocycles. The molecule has 0 radical (unpaired) electrons. The fourth-order valence-electron chi connectivity index (χ4n) is 2.28. The van der Waals surface area contributed by atoms with Crippen LogP contribution in [0.15, 0.2) is 52.9 Å². The number of aryl methyl sites for hydroxylation is 1. The molecule has 100 valence electrons. The van der Waals surface area contributed by atoms with E-state index in [0.717, 1.165) is 22.1 Å². The molecule has 1 heterocycles. The highest BCUT2D eigenvalue weighted by atomic mass is 16.3. The Morgan fingerprint density at radius 1 is 1.15 bits per heavy atom. The Hall–Kier alpha value is -2.55. The monoisotopic (exact) mass is 265 g/mol.